The van der Waals surface area contributed by atoms with Crippen molar-refractivity contribution in [1.29, 1.82) is 0 Å². The quantitative estimate of drug-likeness (QED) is 0.388. The molecule has 1 amide bonds. The Kier molecular flexibility index (Phi) is 6.33. The van der Waals surface area contributed by atoms with E-state index in [1.807, 2.05) is 18.2 Å². The Hall–Kier alpha value is -2.42. The summed E-state index contributed by atoms with van der Waals surface area (Å²) in [6.45, 7) is 0.00414. The third-order valence-electron chi connectivity index (χ3n) is 4.35. The van der Waals surface area contributed by atoms with Crippen molar-refractivity contribution < 1.29 is 22.7 Å². The number of carbonyl (C=O) groups is 2. The molecule has 1 aliphatic heterocycles. The van der Waals surface area contributed by atoms with Crippen LogP contribution in [0.3, 0.4) is 0 Å². The SMILES string of the molecule is O=C(CC1C(=O)N(CCl)S(=O)(=O)N1Cc1ccccc1)OCc1ccccc1. The molecular weight excluding hydrogens is 404 g/mol. The van der Waals surface area contributed by atoms with Crippen LogP contribution < -0.4 is 0 Å². The van der Waals surface area contributed by atoms with Crippen LogP contribution in [0.5, 0.6) is 0 Å². The summed E-state index contributed by atoms with van der Waals surface area (Å²) < 4.78 is 32.2. The summed E-state index contributed by atoms with van der Waals surface area (Å²) in [7, 11) is -4.11. The van der Waals surface area contributed by atoms with Crippen molar-refractivity contribution in [2.75, 3.05) is 6.00 Å². The normalized spacial score (nSPS) is 19.0. The molecule has 3 rings (SSSR count). The molecule has 9 heteroatoms. The molecule has 2 aromatic rings. The monoisotopic (exact) mass is 422 g/mol. The van der Waals surface area contributed by atoms with Gasteiger partial charge in [-0.2, -0.15) is 12.7 Å². The first kappa shape index (κ1) is 20.3. The number of halogens is 1. The Morgan fingerprint density at radius 1 is 1.00 bits per heavy atom. The second kappa shape index (κ2) is 8.72. The number of hydrogen-bond donors (Lipinski definition) is 0. The standard InChI is InChI=1S/C19H19ClN2O5S/c20-14-22-19(24)17(11-18(23)27-13-16-9-5-2-6-10-16)21(28(22,25)26)12-15-7-3-1-4-8-15/h1-10,17H,11-14H2. The third-order valence-corrected chi connectivity index (χ3v) is 6.57. The Labute approximate surface area is 168 Å². The van der Waals surface area contributed by atoms with E-state index in [2.05, 4.69) is 0 Å². The molecule has 148 valence electrons. The van der Waals surface area contributed by atoms with E-state index in [0.717, 1.165) is 9.87 Å². The Morgan fingerprint density at radius 3 is 2.14 bits per heavy atom. The molecule has 0 radical (unpaired) electrons. The van der Waals surface area contributed by atoms with E-state index in [0.29, 0.717) is 9.87 Å². The van der Waals surface area contributed by atoms with Gasteiger partial charge < -0.3 is 4.74 Å². The number of carbonyl (C=O) groups excluding carboxylic acids is 2. The van der Waals surface area contributed by atoms with Crippen molar-refractivity contribution in [3.8, 4) is 0 Å². The van der Waals surface area contributed by atoms with Crippen LogP contribution in [0.4, 0.5) is 0 Å². The largest absolute Gasteiger partial charge is 0.461 e. The van der Waals surface area contributed by atoms with Gasteiger partial charge in [0, 0.05) is 6.54 Å². The summed E-state index contributed by atoms with van der Waals surface area (Å²) in [5.41, 5.74) is 1.49. The first-order valence-electron chi connectivity index (χ1n) is 8.56. The third kappa shape index (κ3) is 4.35. The van der Waals surface area contributed by atoms with Gasteiger partial charge in [-0.05, 0) is 11.1 Å². The van der Waals surface area contributed by atoms with Crippen LogP contribution >= 0.6 is 11.6 Å². The molecule has 1 fully saturated rings. The lowest BCUT2D eigenvalue weighted by atomic mass is 10.1. The Balaban J connectivity index is 1.75. The van der Waals surface area contributed by atoms with Crippen molar-refractivity contribution in [3.05, 3.63) is 71.8 Å². The van der Waals surface area contributed by atoms with E-state index in [-0.39, 0.29) is 19.6 Å². The number of hydrogen-bond acceptors (Lipinski definition) is 5. The molecule has 1 atom stereocenters. The second-order valence-electron chi connectivity index (χ2n) is 6.21. The van der Waals surface area contributed by atoms with Gasteiger partial charge in [-0.15, -0.1) is 11.6 Å². The van der Waals surface area contributed by atoms with E-state index < -0.39 is 34.1 Å². The lowest BCUT2D eigenvalue weighted by Crippen LogP contribution is -2.37. The van der Waals surface area contributed by atoms with E-state index in [9.17, 15) is 18.0 Å². The highest BCUT2D eigenvalue weighted by molar-refractivity contribution is 7.87. The molecule has 0 spiro atoms. The number of alkyl halides is 1. The first-order chi connectivity index (χ1) is 13.4. The maximum absolute atomic E-state index is 12.7. The van der Waals surface area contributed by atoms with Gasteiger partial charge in [0.25, 0.3) is 5.91 Å². The summed E-state index contributed by atoms with van der Waals surface area (Å²) in [5.74, 6) is -1.39. The summed E-state index contributed by atoms with van der Waals surface area (Å²) in [6, 6.07) is 16.2. The molecule has 7 nitrogen and oxygen atoms in total. The molecule has 0 saturated carbocycles. The summed E-state index contributed by atoms with van der Waals surface area (Å²) in [4.78, 5) is 24.8. The molecule has 2 aromatic carbocycles. The second-order valence-corrected chi connectivity index (χ2v) is 8.26. The number of ether oxygens (including phenoxy) is 1. The van der Waals surface area contributed by atoms with Crippen molar-refractivity contribution in [2.24, 2.45) is 0 Å². The van der Waals surface area contributed by atoms with Gasteiger partial charge in [0.1, 0.15) is 18.7 Å². The molecule has 1 unspecified atom stereocenters. The molecule has 0 bridgehead atoms. The minimum absolute atomic E-state index is 0.0427. The van der Waals surface area contributed by atoms with Gasteiger partial charge in [-0.25, -0.2) is 4.31 Å². The zero-order chi connectivity index (χ0) is 20.1. The average molecular weight is 423 g/mol. The number of esters is 1. The lowest BCUT2D eigenvalue weighted by Gasteiger charge is -2.20. The topological polar surface area (TPSA) is 84.0 Å². The minimum Gasteiger partial charge on any atom is -0.461 e. The molecule has 1 saturated heterocycles. The zero-order valence-electron chi connectivity index (χ0n) is 14.9. The van der Waals surface area contributed by atoms with Gasteiger partial charge in [0.05, 0.1) is 6.42 Å². The number of amides is 1. The molecule has 0 aromatic heterocycles. The van der Waals surface area contributed by atoms with E-state index in [1.54, 1.807) is 42.5 Å². The molecule has 0 N–H and O–H groups in total. The highest BCUT2D eigenvalue weighted by atomic mass is 35.5. The van der Waals surface area contributed by atoms with Crippen LogP contribution in [0.2, 0.25) is 0 Å². The highest BCUT2D eigenvalue weighted by Crippen LogP contribution is 2.28. The number of nitrogens with zero attached hydrogens (tertiary/aromatic N) is 2. The Morgan fingerprint density at radius 2 is 1.57 bits per heavy atom. The van der Waals surface area contributed by atoms with Crippen molar-refractivity contribution >= 4 is 33.7 Å². The minimum atomic E-state index is -4.11. The fourth-order valence-electron chi connectivity index (χ4n) is 2.91. The summed E-state index contributed by atoms with van der Waals surface area (Å²) in [6.07, 6.45) is -0.384. The van der Waals surface area contributed by atoms with Gasteiger partial charge in [0.2, 0.25) is 0 Å². The predicted molar refractivity (Wildman–Crippen MR) is 103 cm³/mol. The maximum Gasteiger partial charge on any atom is 0.308 e. The summed E-state index contributed by atoms with van der Waals surface area (Å²) >= 11 is 5.68. The summed E-state index contributed by atoms with van der Waals surface area (Å²) in [5, 5.41) is 0. The molecular formula is C19H19ClN2O5S. The molecule has 1 heterocycles. The number of rotatable bonds is 7. The van der Waals surface area contributed by atoms with Gasteiger partial charge in [-0.1, -0.05) is 60.7 Å². The van der Waals surface area contributed by atoms with Crippen LogP contribution in [0.1, 0.15) is 17.5 Å². The number of benzene rings is 2. The van der Waals surface area contributed by atoms with E-state index in [1.165, 1.54) is 0 Å². The smallest absolute Gasteiger partial charge is 0.308 e. The predicted octanol–water partition coefficient (Wildman–Crippen LogP) is 2.27. The first-order valence-corrected chi connectivity index (χ1v) is 10.5. The zero-order valence-corrected chi connectivity index (χ0v) is 16.5. The van der Waals surface area contributed by atoms with Crippen LogP contribution in [-0.2, 0) is 37.7 Å². The van der Waals surface area contributed by atoms with Crippen LogP contribution in [-0.4, -0.2) is 41.0 Å². The maximum atomic E-state index is 12.7. The fourth-order valence-corrected chi connectivity index (χ4v) is 4.92. The van der Waals surface area contributed by atoms with Crippen molar-refractivity contribution in [2.45, 2.75) is 25.6 Å². The van der Waals surface area contributed by atoms with Crippen LogP contribution in [0.25, 0.3) is 0 Å². The van der Waals surface area contributed by atoms with Crippen molar-refractivity contribution in [1.82, 2.24) is 8.61 Å². The van der Waals surface area contributed by atoms with Crippen LogP contribution in [0.15, 0.2) is 60.7 Å². The van der Waals surface area contributed by atoms with Gasteiger partial charge in [-0.3, -0.25) is 9.59 Å². The molecule has 1 aliphatic rings. The van der Waals surface area contributed by atoms with Crippen LogP contribution in [0, 0.1) is 0 Å². The average Bonchev–Trinajstić information content (AvgIpc) is 2.87. The van der Waals surface area contributed by atoms with E-state index >= 15 is 0 Å². The van der Waals surface area contributed by atoms with E-state index in [4.69, 9.17) is 16.3 Å². The van der Waals surface area contributed by atoms with Crippen molar-refractivity contribution in [3.63, 3.8) is 0 Å². The molecule has 28 heavy (non-hydrogen) atoms. The Bertz CT molecular complexity index is 937. The van der Waals surface area contributed by atoms with Gasteiger partial charge in [0.15, 0.2) is 0 Å². The lowest BCUT2D eigenvalue weighted by molar-refractivity contribution is -0.148. The fraction of sp³-hybridized carbons (Fsp3) is 0.263. The van der Waals surface area contributed by atoms with Gasteiger partial charge >= 0.3 is 16.2 Å². The molecule has 0 aliphatic carbocycles. The highest BCUT2D eigenvalue weighted by Gasteiger charge is 2.50.